The number of hydrogen-bond donors (Lipinski definition) is 1. The molecule has 0 aromatic heterocycles. The van der Waals surface area contributed by atoms with Gasteiger partial charge in [0.2, 0.25) is 0 Å². The minimum Gasteiger partial charge on any atom is -0.322 e. The monoisotopic (exact) mass is 383 g/mol. The van der Waals surface area contributed by atoms with Crippen molar-refractivity contribution in [1.82, 2.24) is 0 Å². The van der Waals surface area contributed by atoms with Gasteiger partial charge in [-0.25, -0.2) is 0 Å². The van der Waals surface area contributed by atoms with Gasteiger partial charge in [0, 0.05) is 14.2 Å². The van der Waals surface area contributed by atoms with Crippen molar-refractivity contribution in [3.05, 3.63) is 57.7 Å². The summed E-state index contributed by atoms with van der Waals surface area (Å²) in [6.45, 7) is 2.08. The van der Waals surface area contributed by atoms with E-state index >= 15 is 0 Å². The summed E-state index contributed by atoms with van der Waals surface area (Å²) < 4.78 is 1.15. The van der Waals surface area contributed by atoms with Crippen LogP contribution in [0.1, 0.15) is 17.3 Å². The van der Waals surface area contributed by atoms with Crippen LogP contribution in [-0.2, 0) is 0 Å². The largest absolute Gasteiger partial charge is 0.322 e. The van der Waals surface area contributed by atoms with Gasteiger partial charge >= 0.3 is 0 Å². The smallest absolute Gasteiger partial charge is 0.256 e. The Kier molecular flexibility index (Phi) is 5.27. The first-order chi connectivity index (χ1) is 9.20. The summed E-state index contributed by atoms with van der Waals surface area (Å²) in [5, 5.41) is 2.93. The molecule has 98 valence electrons. The van der Waals surface area contributed by atoms with Gasteiger partial charge in [0.25, 0.3) is 5.91 Å². The molecule has 0 saturated carbocycles. The number of rotatable bonds is 4. The highest BCUT2D eigenvalue weighted by molar-refractivity contribution is 14.1. The molecule has 0 spiro atoms. The molecule has 0 unspecified atom stereocenters. The molecule has 1 N–H and O–H groups in total. The molecule has 0 atom stereocenters. The molecule has 2 nitrogen and oxygen atoms in total. The van der Waals surface area contributed by atoms with Crippen molar-refractivity contribution >= 4 is 45.9 Å². The average Bonchev–Trinajstić information content (AvgIpc) is 2.42. The number of carbonyl (C=O) groups excluding carboxylic acids is 1. The van der Waals surface area contributed by atoms with E-state index in [4.69, 9.17) is 0 Å². The summed E-state index contributed by atoms with van der Waals surface area (Å²) in [7, 11) is 0. The van der Waals surface area contributed by atoms with E-state index in [1.807, 2.05) is 48.5 Å². The molecule has 1 amide bonds. The first-order valence-electron chi connectivity index (χ1n) is 5.99. The second-order valence-electron chi connectivity index (χ2n) is 3.89. The maximum atomic E-state index is 12.3. The van der Waals surface area contributed by atoms with Crippen LogP contribution in [-0.4, -0.2) is 11.7 Å². The minimum atomic E-state index is -0.0576. The fourth-order valence-corrected chi connectivity index (χ4v) is 2.83. The number of thioether (sulfide) groups is 1. The third-order valence-electron chi connectivity index (χ3n) is 2.53. The van der Waals surface area contributed by atoms with Crippen molar-refractivity contribution in [2.24, 2.45) is 0 Å². The van der Waals surface area contributed by atoms with Crippen LogP contribution in [0.3, 0.4) is 0 Å². The zero-order valence-electron chi connectivity index (χ0n) is 10.5. The number of carbonyl (C=O) groups is 1. The topological polar surface area (TPSA) is 29.1 Å². The second kappa shape index (κ2) is 6.96. The molecule has 0 aliphatic rings. The molecule has 0 saturated heterocycles. The lowest BCUT2D eigenvalue weighted by Crippen LogP contribution is -2.12. The van der Waals surface area contributed by atoms with E-state index in [-0.39, 0.29) is 5.91 Å². The third-order valence-corrected chi connectivity index (χ3v) is 4.21. The predicted molar refractivity (Wildman–Crippen MR) is 90.0 cm³/mol. The Labute approximate surface area is 131 Å². The molecule has 0 radical (unpaired) electrons. The van der Waals surface area contributed by atoms with E-state index in [9.17, 15) is 4.79 Å². The van der Waals surface area contributed by atoms with Gasteiger partial charge in [-0.3, -0.25) is 4.79 Å². The van der Waals surface area contributed by atoms with Gasteiger partial charge in [-0.15, -0.1) is 11.8 Å². The Morgan fingerprint density at radius 1 is 1.16 bits per heavy atom. The molecule has 0 bridgehead atoms. The van der Waals surface area contributed by atoms with Crippen LogP contribution in [0, 0.1) is 3.57 Å². The van der Waals surface area contributed by atoms with Crippen molar-refractivity contribution in [3.8, 4) is 0 Å². The maximum Gasteiger partial charge on any atom is 0.256 e. The van der Waals surface area contributed by atoms with Gasteiger partial charge in [-0.05, 0) is 64.7 Å². The number of nitrogens with one attached hydrogen (secondary N) is 1. The number of amides is 1. The second-order valence-corrected chi connectivity index (χ2v) is 6.44. The van der Waals surface area contributed by atoms with Crippen LogP contribution in [0.2, 0.25) is 0 Å². The maximum absolute atomic E-state index is 12.3. The SMILES string of the molecule is CCSc1ccccc1C(=O)Nc1ccc(I)cc1. The van der Waals surface area contributed by atoms with Crippen LogP contribution in [0.25, 0.3) is 0 Å². The summed E-state index contributed by atoms with van der Waals surface area (Å²) in [4.78, 5) is 13.3. The van der Waals surface area contributed by atoms with Crippen LogP contribution in [0.15, 0.2) is 53.4 Å². The summed E-state index contributed by atoms with van der Waals surface area (Å²) in [5.74, 6) is 0.895. The highest BCUT2D eigenvalue weighted by atomic mass is 127. The molecule has 0 heterocycles. The van der Waals surface area contributed by atoms with Crippen LogP contribution in [0.5, 0.6) is 0 Å². The van der Waals surface area contributed by atoms with E-state index in [2.05, 4.69) is 34.8 Å². The summed E-state index contributed by atoms with van der Waals surface area (Å²) in [5.41, 5.74) is 1.55. The summed E-state index contributed by atoms with van der Waals surface area (Å²) >= 11 is 3.92. The van der Waals surface area contributed by atoms with Gasteiger partial charge in [0.1, 0.15) is 0 Å². The first-order valence-corrected chi connectivity index (χ1v) is 8.06. The molecular formula is C15H14INOS. The van der Waals surface area contributed by atoms with E-state index in [1.54, 1.807) is 11.8 Å². The Bertz CT molecular complexity index is 569. The molecule has 0 fully saturated rings. The highest BCUT2D eigenvalue weighted by Gasteiger charge is 2.10. The van der Waals surface area contributed by atoms with Crippen molar-refractivity contribution in [1.29, 1.82) is 0 Å². The third kappa shape index (κ3) is 3.98. The molecule has 4 heteroatoms. The zero-order chi connectivity index (χ0) is 13.7. The highest BCUT2D eigenvalue weighted by Crippen LogP contribution is 2.23. The first kappa shape index (κ1) is 14.4. The quantitative estimate of drug-likeness (QED) is 0.615. The van der Waals surface area contributed by atoms with Gasteiger partial charge in [-0.2, -0.15) is 0 Å². The van der Waals surface area contributed by atoms with Gasteiger partial charge in [0.15, 0.2) is 0 Å². The van der Waals surface area contributed by atoms with Crippen molar-refractivity contribution in [2.75, 3.05) is 11.1 Å². The van der Waals surface area contributed by atoms with Gasteiger partial charge in [-0.1, -0.05) is 19.1 Å². The predicted octanol–water partition coefficient (Wildman–Crippen LogP) is 4.66. The molecular weight excluding hydrogens is 369 g/mol. The van der Waals surface area contributed by atoms with Gasteiger partial charge in [0.05, 0.1) is 5.56 Å². The van der Waals surface area contributed by atoms with Crippen molar-refractivity contribution in [2.45, 2.75) is 11.8 Å². The number of anilines is 1. The number of halogens is 1. The van der Waals surface area contributed by atoms with Crippen LogP contribution < -0.4 is 5.32 Å². The molecule has 0 aliphatic carbocycles. The van der Waals surface area contributed by atoms with E-state index < -0.39 is 0 Å². The van der Waals surface area contributed by atoms with Crippen LogP contribution >= 0.6 is 34.4 Å². The van der Waals surface area contributed by atoms with E-state index in [0.29, 0.717) is 0 Å². The normalized spacial score (nSPS) is 10.2. The zero-order valence-corrected chi connectivity index (χ0v) is 13.5. The van der Waals surface area contributed by atoms with Crippen LogP contribution in [0.4, 0.5) is 5.69 Å². The van der Waals surface area contributed by atoms with Crippen molar-refractivity contribution < 1.29 is 4.79 Å². The van der Waals surface area contributed by atoms with Gasteiger partial charge < -0.3 is 5.32 Å². The Balaban J connectivity index is 2.18. The summed E-state index contributed by atoms with van der Waals surface area (Å²) in [6, 6.07) is 15.5. The lowest BCUT2D eigenvalue weighted by atomic mass is 10.2. The van der Waals surface area contributed by atoms with Crippen molar-refractivity contribution in [3.63, 3.8) is 0 Å². The fourth-order valence-electron chi connectivity index (χ4n) is 1.67. The minimum absolute atomic E-state index is 0.0576. The average molecular weight is 383 g/mol. The molecule has 2 aromatic carbocycles. The molecule has 0 aliphatic heterocycles. The Hall–Kier alpha value is -1.01. The molecule has 2 rings (SSSR count). The summed E-state index contributed by atoms with van der Waals surface area (Å²) in [6.07, 6.45) is 0. The van der Waals surface area contributed by atoms with E-state index in [1.165, 1.54) is 0 Å². The lowest BCUT2D eigenvalue weighted by Gasteiger charge is -2.09. The number of hydrogen-bond acceptors (Lipinski definition) is 2. The van der Waals surface area contributed by atoms with E-state index in [0.717, 1.165) is 25.5 Å². The Morgan fingerprint density at radius 2 is 1.84 bits per heavy atom. The fraction of sp³-hybridized carbons (Fsp3) is 0.133. The number of benzene rings is 2. The Morgan fingerprint density at radius 3 is 2.53 bits per heavy atom. The lowest BCUT2D eigenvalue weighted by molar-refractivity contribution is 0.102. The molecule has 2 aromatic rings. The molecule has 19 heavy (non-hydrogen) atoms. The standard InChI is InChI=1S/C15H14INOS/c1-2-19-14-6-4-3-5-13(14)15(18)17-12-9-7-11(16)8-10-12/h3-10H,2H2,1H3,(H,17,18).